The Morgan fingerprint density at radius 3 is 2.70 bits per heavy atom. The molecule has 0 fully saturated rings. The molecule has 2 N–H and O–H groups in total. The molecule has 1 aromatic carbocycles. The van der Waals surface area contributed by atoms with E-state index < -0.39 is 0 Å². The number of rotatable bonds is 8. The van der Waals surface area contributed by atoms with E-state index in [0.717, 1.165) is 42.1 Å². The van der Waals surface area contributed by atoms with Crippen molar-refractivity contribution in [2.75, 3.05) is 27.1 Å². The first-order valence-corrected chi connectivity index (χ1v) is 7.04. The molecule has 20 heavy (non-hydrogen) atoms. The van der Waals surface area contributed by atoms with Crippen LogP contribution in [0.15, 0.2) is 12.1 Å². The van der Waals surface area contributed by atoms with Gasteiger partial charge < -0.3 is 24.7 Å². The highest BCUT2D eigenvalue weighted by molar-refractivity contribution is 5.52. The maximum Gasteiger partial charge on any atom is 0.231 e. The topological polar surface area (TPSA) is 62.9 Å². The fraction of sp³-hybridized carbons (Fsp3) is 0.600. The second-order valence-corrected chi connectivity index (χ2v) is 4.88. The highest BCUT2D eigenvalue weighted by Crippen LogP contribution is 2.38. The number of benzene rings is 1. The summed E-state index contributed by atoms with van der Waals surface area (Å²) in [5.41, 5.74) is 7.12. The van der Waals surface area contributed by atoms with Crippen molar-refractivity contribution < 1.29 is 18.9 Å². The third-order valence-electron chi connectivity index (χ3n) is 3.31. The van der Waals surface area contributed by atoms with Crippen molar-refractivity contribution >= 4 is 0 Å². The zero-order valence-electron chi connectivity index (χ0n) is 12.2. The lowest BCUT2D eigenvalue weighted by atomic mass is 10.0. The Balaban J connectivity index is 2.09. The Labute approximate surface area is 120 Å². The number of ether oxygens (including phenoxy) is 4. The van der Waals surface area contributed by atoms with Crippen LogP contribution in [-0.4, -0.2) is 33.2 Å². The quantitative estimate of drug-likeness (QED) is 0.739. The van der Waals surface area contributed by atoms with Crippen molar-refractivity contribution in [2.24, 2.45) is 5.73 Å². The molecule has 1 heterocycles. The molecule has 0 aliphatic carbocycles. The van der Waals surface area contributed by atoms with Crippen molar-refractivity contribution in [1.82, 2.24) is 0 Å². The summed E-state index contributed by atoms with van der Waals surface area (Å²) in [6.45, 7) is 3.65. The summed E-state index contributed by atoms with van der Waals surface area (Å²) >= 11 is 0. The molecule has 1 aromatic rings. The number of nitrogens with two attached hydrogens (primary N) is 1. The van der Waals surface area contributed by atoms with Gasteiger partial charge >= 0.3 is 0 Å². The van der Waals surface area contributed by atoms with E-state index in [1.54, 1.807) is 7.11 Å². The van der Waals surface area contributed by atoms with Gasteiger partial charge in [-0.25, -0.2) is 0 Å². The lowest BCUT2D eigenvalue weighted by Gasteiger charge is -2.15. The van der Waals surface area contributed by atoms with E-state index in [9.17, 15) is 0 Å². The highest BCUT2D eigenvalue weighted by atomic mass is 16.7. The molecular formula is C15H23NO4. The molecule has 5 heteroatoms. The molecule has 0 amide bonds. The molecule has 1 aliphatic heterocycles. The molecule has 0 bridgehead atoms. The van der Waals surface area contributed by atoms with Crippen LogP contribution in [0.25, 0.3) is 0 Å². The summed E-state index contributed by atoms with van der Waals surface area (Å²) in [7, 11) is 1.69. The van der Waals surface area contributed by atoms with Crippen LogP contribution in [0.2, 0.25) is 0 Å². The lowest BCUT2D eigenvalue weighted by Crippen LogP contribution is -2.21. The van der Waals surface area contributed by atoms with Crippen molar-refractivity contribution in [2.45, 2.75) is 32.2 Å². The van der Waals surface area contributed by atoms with Gasteiger partial charge in [-0.15, -0.1) is 0 Å². The van der Waals surface area contributed by atoms with E-state index in [1.165, 1.54) is 0 Å². The van der Waals surface area contributed by atoms with Gasteiger partial charge in [0.2, 0.25) is 6.79 Å². The van der Waals surface area contributed by atoms with Gasteiger partial charge in [0.1, 0.15) is 5.75 Å². The van der Waals surface area contributed by atoms with Crippen molar-refractivity contribution in [1.29, 1.82) is 0 Å². The smallest absolute Gasteiger partial charge is 0.231 e. The summed E-state index contributed by atoms with van der Waals surface area (Å²) in [4.78, 5) is 0. The number of methoxy groups -OCH3 is 1. The predicted molar refractivity (Wildman–Crippen MR) is 76.5 cm³/mol. The van der Waals surface area contributed by atoms with Gasteiger partial charge in [-0.2, -0.15) is 0 Å². The summed E-state index contributed by atoms with van der Waals surface area (Å²) in [5.74, 6) is 2.34. The third kappa shape index (κ3) is 3.77. The Morgan fingerprint density at radius 2 is 2.00 bits per heavy atom. The van der Waals surface area contributed by atoms with Crippen molar-refractivity contribution in [3.8, 4) is 17.2 Å². The average molecular weight is 281 g/mol. The van der Waals surface area contributed by atoms with Crippen LogP contribution in [-0.2, 0) is 11.2 Å². The third-order valence-corrected chi connectivity index (χ3v) is 3.31. The van der Waals surface area contributed by atoms with Crippen LogP contribution < -0.4 is 19.9 Å². The fourth-order valence-corrected chi connectivity index (χ4v) is 2.07. The van der Waals surface area contributed by atoms with E-state index >= 15 is 0 Å². The second-order valence-electron chi connectivity index (χ2n) is 4.88. The van der Waals surface area contributed by atoms with Gasteiger partial charge in [-0.05, 0) is 24.5 Å². The molecule has 1 atom stereocenters. The van der Waals surface area contributed by atoms with E-state index in [0.29, 0.717) is 13.2 Å². The Hall–Kier alpha value is -1.46. The molecule has 1 unspecified atom stereocenters. The van der Waals surface area contributed by atoms with Crippen LogP contribution in [0.1, 0.15) is 25.3 Å². The van der Waals surface area contributed by atoms with Crippen LogP contribution in [0.5, 0.6) is 17.2 Å². The minimum Gasteiger partial charge on any atom is -0.493 e. The monoisotopic (exact) mass is 281 g/mol. The van der Waals surface area contributed by atoms with Gasteiger partial charge in [0.25, 0.3) is 0 Å². The Morgan fingerprint density at radius 1 is 1.25 bits per heavy atom. The molecule has 5 nitrogen and oxygen atoms in total. The first kappa shape index (κ1) is 14.9. The van der Waals surface area contributed by atoms with Crippen molar-refractivity contribution in [3.05, 3.63) is 17.7 Å². The molecule has 112 valence electrons. The lowest BCUT2D eigenvalue weighted by molar-refractivity contribution is 0.170. The van der Waals surface area contributed by atoms with Gasteiger partial charge in [0.05, 0.1) is 6.61 Å². The predicted octanol–water partition coefficient (Wildman–Crippen LogP) is 2.11. The standard InChI is InChI=1S/C15H23NO4/c1-3-12(16)7-11-8-14-15(20-10-19-14)9-13(11)18-6-4-5-17-2/h8-9,12H,3-7,10,16H2,1-2H3. The summed E-state index contributed by atoms with van der Waals surface area (Å²) in [6.07, 6.45) is 2.55. The van der Waals surface area contributed by atoms with Crippen LogP contribution in [0, 0.1) is 0 Å². The summed E-state index contributed by atoms with van der Waals surface area (Å²) < 4.78 is 21.7. The highest BCUT2D eigenvalue weighted by Gasteiger charge is 2.19. The molecule has 1 aliphatic rings. The Bertz CT molecular complexity index is 436. The Kier molecular flexibility index (Phi) is 5.49. The van der Waals surface area contributed by atoms with E-state index in [1.807, 2.05) is 12.1 Å². The summed E-state index contributed by atoms with van der Waals surface area (Å²) in [6, 6.07) is 3.99. The summed E-state index contributed by atoms with van der Waals surface area (Å²) in [5, 5.41) is 0. The molecular weight excluding hydrogens is 258 g/mol. The normalized spacial score (nSPS) is 14.3. The molecule has 0 aromatic heterocycles. The maximum absolute atomic E-state index is 6.05. The van der Waals surface area contributed by atoms with E-state index in [4.69, 9.17) is 24.7 Å². The zero-order chi connectivity index (χ0) is 14.4. The first-order valence-electron chi connectivity index (χ1n) is 7.04. The fourth-order valence-electron chi connectivity index (χ4n) is 2.07. The van der Waals surface area contributed by atoms with Gasteiger partial charge in [-0.3, -0.25) is 0 Å². The van der Waals surface area contributed by atoms with Gasteiger partial charge in [0, 0.05) is 32.2 Å². The largest absolute Gasteiger partial charge is 0.493 e. The number of hydrogen-bond acceptors (Lipinski definition) is 5. The maximum atomic E-state index is 6.05. The van der Waals surface area contributed by atoms with Gasteiger partial charge in [-0.1, -0.05) is 6.92 Å². The number of fused-ring (bicyclic) bond motifs is 1. The van der Waals surface area contributed by atoms with Gasteiger partial charge in [0.15, 0.2) is 11.5 Å². The van der Waals surface area contributed by atoms with Crippen molar-refractivity contribution in [3.63, 3.8) is 0 Å². The SMILES string of the molecule is CCC(N)Cc1cc2c(cc1OCCCOC)OCO2. The molecule has 0 radical (unpaired) electrons. The van der Waals surface area contributed by atoms with Crippen LogP contribution in [0.4, 0.5) is 0 Å². The minimum absolute atomic E-state index is 0.122. The molecule has 0 saturated carbocycles. The number of hydrogen-bond donors (Lipinski definition) is 1. The van der Waals surface area contributed by atoms with E-state index in [-0.39, 0.29) is 12.8 Å². The second kappa shape index (κ2) is 7.36. The molecule has 0 spiro atoms. The molecule has 2 rings (SSSR count). The van der Waals surface area contributed by atoms with E-state index in [2.05, 4.69) is 6.92 Å². The zero-order valence-corrected chi connectivity index (χ0v) is 12.2. The van der Waals surface area contributed by atoms with Crippen LogP contribution in [0.3, 0.4) is 0 Å². The van der Waals surface area contributed by atoms with Crippen LogP contribution >= 0.6 is 0 Å². The minimum atomic E-state index is 0.122. The molecule has 0 saturated heterocycles. The average Bonchev–Trinajstić information content (AvgIpc) is 2.90. The first-order chi connectivity index (χ1) is 9.74.